The molecule has 2 nitrogen and oxygen atoms in total. The van der Waals surface area contributed by atoms with E-state index in [0.717, 1.165) is 37.0 Å². The highest BCUT2D eigenvalue weighted by Crippen LogP contribution is 2.57. The molecule has 4 aliphatic carbocycles. The summed E-state index contributed by atoms with van der Waals surface area (Å²) in [4.78, 5) is 12.2. The van der Waals surface area contributed by atoms with Gasteiger partial charge in [-0.05, 0) is 69.1 Å². The fraction of sp³-hybridized carbons (Fsp3) is 0.938. The van der Waals surface area contributed by atoms with Gasteiger partial charge in [-0.15, -0.1) is 0 Å². The summed E-state index contributed by atoms with van der Waals surface area (Å²) in [5.41, 5.74) is -2.09. The summed E-state index contributed by atoms with van der Waals surface area (Å²) >= 11 is 0. The lowest BCUT2D eigenvalue weighted by atomic mass is 9.54. The van der Waals surface area contributed by atoms with Gasteiger partial charge in [-0.2, -0.15) is 0 Å². The Labute approximate surface area is 115 Å². The predicted molar refractivity (Wildman–Crippen MR) is 71.4 cm³/mol. The molecule has 0 aromatic rings. The van der Waals surface area contributed by atoms with Crippen LogP contribution in [0.2, 0.25) is 0 Å². The van der Waals surface area contributed by atoms with Gasteiger partial charge in [0.05, 0.1) is 0 Å². The zero-order valence-electron chi connectivity index (χ0n) is 12.1. The molecule has 0 saturated heterocycles. The van der Waals surface area contributed by atoms with Crippen LogP contribution in [0.15, 0.2) is 0 Å². The van der Waals surface area contributed by atoms with Crippen LogP contribution in [-0.2, 0) is 9.53 Å². The minimum Gasteiger partial charge on any atom is -0.457 e. The number of carbonyl (C=O) groups excluding carboxylic acids is 1. The maximum atomic E-state index is 14.5. The van der Waals surface area contributed by atoms with Gasteiger partial charge in [0, 0.05) is 0 Å². The summed E-state index contributed by atoms with van der Waals surface area (Å²) in [6.07, 6.45) is 7.29. The van der Waals surface area contributed by atoms with Crippen molar-refractivity contribution < 1.29 is 13.9 Å². The van der Waals surface area contributed by atoms with Crippen molar-refractivity contribution in [2.24, 2.45) is 17.8 Å². The number of rotatable bonds is 4. The highest BCUT2D eigenvalue weighted by atomic mass is 19.1. The lowest BCUT2D eigenvalue weighted by Crippen LogP contribution is -2.54. The summed E-state index contributed by atoms with van der Waals surface area (Å²) in [6, 6.07) is 0. The highest BCUT2D eigenvalue weighted by Gasteiger charge is 2.54. The fourth-order valence-corrected chi connectivity index (χ4v) is 4.98. The summed E-state index contributed by atoms with van der Waals surface area (Å²) in [6.45, 7) is 3.45. The minimum absolute atomic E-state index is 0.217. The number of esters is 1. The van der Waals surface area contributed by atoms with Crippen molar-refractivity contribution in [1.82, 2.24) is 0 Å². The lowest BCUT2D eigenvalue weighted by molar-refractivity contribution is -0.199. The summed E-state index contributed by atoms with van der Waals surface area (Å²) in [7, 11) is 0. The lowest BCUT2D eigenvalue weighted by Gasteiger charge is -2.56. The molecule has 0 radical (unpaired) electrons. The third-order valence-corrected chi connectivity index (χ3v) is 5.78. The Morgan fingerprint density at radius 3 is 1.89 bits per heavy atom. The third kappa shape index (κ3) is 2.19. The van der Waals surface area contributed by atoms with E-state index in [9.17, 15) is 9.18 Å². The van der Waals surface area contributed by atoms with Crippen LogP contribution in [0.3, 0.4) is 0 Å². The molecule has 4 fully saturated rings. The van der Waals surface area contributed by atoms with Crippen LogP contribution in [0.5, 0.6) is 0 Å². The second-order valence-electron chi connectivity index (χ2n) is 7.16. The van der Waals surface area contributed by atoms with E-state index in [1.165, 1.54) is 19.3 Å². The Kier molecular flexibility index (Phi) is 3.14. The van der Waals surface area contributed by atoms with Crippen molar-refractivity contribution in [2.75, 3.05) is 0 Å². The summed E-state index contributed by atoms with van der Waals surface area (Å²) in [5.74, 6) is 1.56. The minimum atomic E-state index is -1.77. The zero-order chi connectivity index (χ0) is 13.7. The quantitative estimate of drug-likeness (QED) is 0.720. The van der Waals surface area contributed by atoms with Gasteiger partial charge in [-0.1, -0.05) is 13.8 Å². The molecular weight excluding hydrogens is 243 g/mol. The molecule has 19 heavy (non-hydrogen) atoms. The summed E-state index contributed by atoms with van der Waals surface area (Å²) in [5, 5.41) is 0. The van der Waals surface area contributed by atoms with E-state index in [-0.39, 0.29) is 18.4 Å². The standard InChI is InChI=1S/C16H25FO2/c1-3-16(17,4-2)14(18)19-15-8-11-5-12(9-15)7-13(6-11)10-15/h11-13H,3-10H2,1-2H3. The first-order valence-corrected chi connectivity index (χ1v) is 7.91. The number of ether oxygens (including phenoxy) is 1. The average molecular weight is 268 g/mol. The molecule has 4 saturated carbocycles. The zero-order valence-corrected chi connectivity index (χ0v) is 12.1. The number of hydrogen-bond donors (Lipinski definition) is 0. The molecule has 0 N–H and O–H groups in total. The Morgan fingerprint density at radius 2 is 1.53 bits per heavy atom. The highest BCUT2D eigenvalue weighted by molar-refractivity contribution is 5.79. The maximum Gasteiger partial charge on any atom is 0.344 e. The molecular formula is C16H25FO2. The van der Waals surface area contributed by atoms with Crippen LogP contribution < -0.4 is 0 Å². The number of hydrogen-bond acceptors (Lipinski definition) is 2. The van der Waals surface area contributed by atoms with Gasteiger partial charge in [-0.3, -0.25) is 0 Å². The van der Waals surface area contributed by atoms with Crippen LogP contribution in [0.4, 0.5) is 4.39 Å². The molecule has 0 heterocycles. The Bertz CT molecular complexity index is 338. The van der Waals surface area contributed by atoms with E-state index < -0.39 is 11.6 Å². The third-order valence-electron chi connectivity index (χ3n) is 5.78. The van der Waals surface area contributed by atoms with E-state index in [1.807, 2.05) is 0 Å². The molecule has 3 heteroatoms. The Balaban J connectivity index is 1.74. The maximum absolute atomic E-state index is 14.5. The number of halogens is 1. The van der Waals surface area contributed by atoms with Gasteiger partial charge in [0.25, 0.3) is 0 Å². The van der Waals surface area contributed by atoms with Gasteiger partial charge in [0.2, 0.25) is 5.67 Å². The predicted octanol–water partition coefficient (Wildman–Crippen LogP) is 4.03. The molecule has 0 aromatic carbocycles. The van der Waals surface area contributed by atoms with Gasteiger partial charge in [0.1, 0.15) is 5.60 Å². The number of alkyl halides is 1. The van der Waals surface area contributed by atoms with Crippen LogP contribution in [-0.4, -0.2) is 17.2 Å². The first-order valence-electron chi connectivity index (χ1n) is 7.91. The Morgan fingerprint density at radius 1 is 1.11 bits per heavy atom. The van der Waals surface area contributed by atoms with Crippen molar-refractivity contribution in [1.29, 1.82) is 0 Å². The molecule has 0 atom stereocenters. The van der Waals surface area contributed by atoms with E-state index in [2.05, 4.69) is 0 Å². The first kappa shape index (κ1) is 13.4. The molecule has 0 aromatic heterocycles. The molecule has 4 rings (SSSR count). The first-order chi connectivity index (χ1) is 8.98. The van der Waals surface area contributed by atoms with Crippen LogP contribution in [0, 0.1) is 17.8 Å². The van der Waals surface area contributed by atoms with E-state index in [0.29, 0.717) is 0 Å². The summed E-state index contributed by atoms with van der Waals surface area (Å²) < 4.78 is 20.2. The van der Waals surface area contributed by atoms with Crippen molar-refractivity contribution in [3.63, 3.8) is 0 Å². The van der Waals surface area contributed by atoms with Crippen molar-refractivity contribution in [2.45, 2.75) is 76.5 Å². The average Bonchev–Trinajstić information content (AvgIpc) is 2.35. The van der Waals surface area contributed by atoms with Gasteiger partial charge in [-0.25, -0.2) is 9.18 Å². The largest absolute Gasteiger partial charge is 0.457 e. The smallest absolute Gasteiger partial charge is 0.344 e. The van der Waals surface area contributed by atoms with Gasteiger partial charge >= 0.3 is 5.97 Å². The second kappa shape index (κ2) is 4.46. The molecule has 4 bridgehead atoms. The van der Waals surface area contributed by atoms with E-state index in [1.54, 1.807) is 13.8 Å². The molecule has 0 aliphatic heterocycles. The molecule has 108 valence electrons. The topological polar surface area (TPSA) is 26.3 Å². The van der Waals surface area contributed by atoms with Crippen LogP contribution in [0.1, 0.15) is 65.2 Å². The SMILES string of the molecule is CCC(F)(CC)C(=O)OC12CC3CC(CC(C3)C1)C2. The van der Waals surface area contributed by atoms with Crippen LogP contribution >= 0.6 is 0 Å². The fourth-order valence-electron chi connectivity index (χ4n) is 4.98. The molecule has 4 aliphatic rings. The van der Waals surface area contributed by atoms with E-state index in [4.69, 9.17) is 4.74 Å². The molecule has 0 amide bonds. The number of carbonyl (C=O) groups is 1. The van der Waals surface area contributed by atoms with Gasteiger partial charge < -0.3 is 4.74 Å². The second-order valence-corrected chi connectivity index (χ2v) is 7.16. The normalized spacial score (nSPS) is 40.5. The van der Waals surface area contributed by atoms with Crippen molar-refractivity contribution in [3.05, 3.63) is 0 Å². The van der Waals surface area contributed by atoms with Gasteiger partial charge in [0.15, 0.2) is 0 Å². The van der Waals surface area contributed by atoms with Crippen molar-refractivity contribution in [3.8, 4) is 0 Å². The Hall–Kier alpha value is -0.600. The molecule has 0 spiro atoms. The molecule has 0 unspecified atom stereocenters. The monoisotopic (exact) mass is 268 g/mol. The van der Waals surface area contributed by atoms with E-state index >= 15 is 0 Å². The van der Waals surface area contributed by atoms with Crippen LogP contribution in [0.25, 0.3) is 0 Å². The van der Waals surface area contributed by atoms with Crippen molar-refractivity contribution >= 4 is 5.97 Å².